The highest BCUT2D eigenvalue weighted by atomic mass is 16.6. The Morgan fingerprint density at radius 2 is 2.04 bits per heavy atom. The van der Waals surface area contributed by atoms with Crippen LogP contribution in [-0.4, -0.2) is 29.4 Å². The van der Waals surface area contributed by atoms with Crippen LogP contribution in [0, 0.1) is 10.1 Å². The lowest BCUT2D eigenvalue weighted by atomic mass is 10.1. The molecule has 1 heterocycles. The van der Waals surface area contributed by atoms with Crippen molar-refractivity contribution in [2.75, 3.05) is 17.2 Å². The van der Waals surface area contributed by atoms with Crippen LogP contribution >= 0.6 is 0 Å². The summed E-state index contributed by atoms with van der Waals surface area (Å²) in [4.78, 5) is 36.5. The van der Waals surface area contributed by atoms with Crippen LogP contribution in [0.1, 0.15) is 22.8 Å². The largest absolute Gasteiger partial charge is 0.452 e. The first-order chi connectivity index (χ1) is 12.4. The molecule has 0 saturated heterocycles. The van der Waals surface area contributed by atoms with Gasteiger partial charge < -0.3 is 15.4 Å². The minimum absolute atomic E-state index is 0.0313. The number of hydrogen-bond acceptors (Lipinski definition) is 6. The zero-order valence-corrected chi connectivity index (χ0v) is 14.0. The smallest absolute Gasteiger partial charge is 0.338 e. The van der Waals surface area contributed by atoms with Gasteiger partial charge in [-0.15, -0.1) is 0 Å². The van der Waals surface area contributed by atoms with Crippen LogP contribution in [0.3, 0.4) is 0 Å². The van der Waals surface area contributed by atoms with E-state index in [1.54, 1.807) is 4.90 Å². The molecule has 0 radical (unpaired) electrons. The van der Waals surface area contributed by atoms with Crippen LogP contribution in [0.2, 0.25) is 0 Å². The Bertz CT molecular complexity index is 896. The number of ether oxygens (including phenoxy) is 1. The van der Waals surface area contributed by atoms with E-state index >= 15 is 0 Å². The molecule has 8 nitrogen and oxygen atoms in total. The molecular weight excluding hydrogens is 338 g/mol. The number of para-hydroxylation sites is 1. The van der Waals surface area contributed by atoms with Gasteiger partial charge in [-0.3, -0.25) is 14.9 Å². The van der Waals surface area contributed by atoms with E-state index in [4.69, 9.17) is 10.5 Å². The zero-order valence-electron chi connectivity index (χ0n) is 14.0. The van der Waals surface area contributed by atoms with Crippen molar-refractivity contribution in [3.05, 3.63) is 63.7 Å². The lowest BCUT2D eigenvalue weighted by Crippen LogP contribution is -2.38. The minimum atomic E-state index is -0.818. The van der Waals surface area contributed by atoms with Gasteiger partial charge in [0.25, 0.3) is 11.6 Å². The summed E-state index contributed by atoms with van der Waals surface area (Å²) in [7, 11) is 0. The fraction of sp³-hybridized carbons (Fsp3) is 0.222. The second-order valence-electron chi connectivity index (χ2n) is 6.05. The molecule has 1 aliphatic heterocycles. The molecule has 8 heteroatoms. The third-order valence-corrected chi connectivity index (χ3v) is 4.27. The zero-order chi connectivity index (χ0) is 18.8. The Morgan fingerprint density at radius 3 is 2.77 bits per heavy atom. The molecule has 2 aromatic rings. The number of nitrogens with zero attached hydrogens (tertiary/aromatic N) is 2. The quantitative estimate of drug-likeness (QED) is 0.389. The van der Waals surface area contributed by atoms with E-state index < -0.39 is 17.5 Å². The van der Waals surface area contributed by atoms with E-state index in [0.717, 1.165) is 23.7 Å². The maximum Gasteiger partial charge on any atom is 0.338 e. The van der Waals surface area contributed by atoms with Crippen molar-refractivity contribution in [3.63, 3.8) is 0 Å². The van der Waals surface area contributed by atoms with Crippen molar-refractivity contribution < 1.29 is 19.2 Å². The normalized spacial score (nSPS) is 15.4. The third-order valence-electron chi connectivity index (χ3n) is 4.27. The molecule has 1 amide bonds. The molecule has 0 aromatic heterocycles. The highest BCUT2D eigenvalue weighted by Crippen LogP contribution is 2.31. The Labute approximate surface area is 149 Å². The van der Waals surface area contributed by atoms with E-state index in [2.05, 4.69) is 0 Å². The number of nitro benzene ring substituents is 1. The van der Waals surface area contributed by atoms with Gasteiger partial charge in [0.05, 0.1) is 10.5 Å². The van der Waals surface area contributed by atoms with Gasteiger partial charge in [0.15, 0.2) is 6.61 Å². The number of nitrogen functional groups attached to an aromatic ring is 1. The van der Waals surface area contributed by atoms with Crippen molar-refractivity contribution in [1.82, 2.24) is 0 Å². The van der Waals surface area contributed by atoms with E-state index in [1.807, 2.05) is 31.2 Å². The van der Waals surface area contributed by atoms with Crippen molar-refractivity contribution >= 4 is 28.9 Å². The predicted octanol–water partition coefficient (Wildman–Crippen LogP) is 2.31. The van der Waals surface area contributed by atoms with Gasteiger partial charge in [0.2, 0.25) is 0 Å². The van der Waals surface area contributed by atoms with Gasteiger partial charge in [-0.25, -0.2) is 4.79 Å². The van der Waals surface area contributed by atoms with E-state index in [-0.39, 0.29) is 28.9 Å². The van der Waals surface area contributed by atoms with Gasteiger partial charge in [0, 0.05) is 17.8 Å². The summed E-state index contributed by atoms with van der Waals surface area (Å²) in [5, 5.41) is 10.9. The lowest BCUT2D eigenvalue weighted by molar-refractivity contribution is -0.383. The third kappa shape index (κ3) is 3.21. The molecule has 0 spiro atoms. The van der Waals surface area contributed by atoms with Crippen molar-refractivity contribution in [2.24, 2.45) is 0 Å². The molecule has 0 aliphatic carbocycles. The average Bonchev–Trinajstić information content (AvgIpc) is 2.95. The van der Waals surface area contributed by atoms with Crippen LogP contribution in [0.4, 0.5) is 17.1 Å². The molecule has 0 unspecified atom stereocenters. The maximum atomic E-state index is 12.5. The highest BCUT2D eigenvalue weighted by Gasteiger charge is 2.31. The fourth-order valence-electron chi connectivity index (χ4n) is 3.05. The van der Waals surface area contributed by atoms with Gasteiger partial charge in [-0.1, -0.05) is 18.2 Å². The van der Waals surface area contributed by atoms with Gasteiger partial charge in [-0.2, -0.15) is 0 Å². The van der Waals surface area contributed by atoms with Gasteiger partial charge in [-0.05, 0) is 37.1 Å². The number of amides is 1. The Morgan fingerprint density at radius 1 is 1.31 bits per heavy atom. The van der Waals surface area contributed by atoms with Gasteiger partial charge in [0.1, 0.15) is 5.69 Å². The van der Waals surface area contributed by atoms with Crippen LogP contribution in [0.5, 0.6) is 0 Å². The molecule has 0 fully saturated rings. The number of rotatable bonds is 4. The molecule has 1 aliphatic rings. The van der Waals surface area contributed by atoms with Crippen LogP contribution in [0.25, 0.3) is 0 Å². The van der Waals surface area contributed by atoms with Crippen LogP contribution in [0.15, 0.2) is 42.5 Å². The number of esters is 1. The number of carbonyl (C=O) groups excluding carboxylic acids is 2. The maximum absolute atomic E-state index is 12.5. The molecule has 134 valence electrons. The standard InChI is InChI=1S/C18H17N3O5/c1-11-8-12-4-2-3-5-15(12)20(11)17(22)10-26-18(23)13-6-7-14(19)16(9-13)21(24)25/h2-7,9,11H,8,10,19H2,1H3/t11-/m0/s1. The first-order valence-corrected chi connectivity index (χ1v) is 7.99. The van der Waals surface area contributed by atoms with Crippen molar-refractivity contribution in [3.8, 4) is 0 Å². The van der Waals surface area contributed by atoms with Crippen molar-refractivity contribution in [2.45, 2.75) is 19.4 Å². The number of carbonyl (C=O) groups is 2. The topological polar surface area (TPSA) is 116 Å². The van der Waals surface area contributed by atoms with Crippen molar-refractivity contribution in [1.29, 1.82) is 0 Å². The summed E-state index contributed by atoms with van der Waals surface area (Å²) in [6.07, 6.45) is 0.736. The number of hydrogen-bond donors (Lipinski definition) is 1. The van der Waals surface area contributed by atoms with Gasteiger partial charge >= 0.3 is 5.97 Å². The number of nitro groups is 1. The Hall–Kier alpha value is -3.42. The monoisotopic (exact) mass is 355 g/mol. The molecule has 1 atom stereocenters. The predicted molar refractivity (Wildman–Crippen MR) is 94.9 cm³/mol. The molecule has 2 aromatic carbocycles. The second-order valence-corrected chi connectivity index (χ2v) is 6.05. The number of anilines is 2. The van der Waals surface area contributed by atoms with E-state index in [0.29, 0.717) is 0 Å². The minimum Gasteiger partial charge on any atom is -0.452 e. The molecule has 0 bridgehead atoms. The SMILES string of the molecule is C[C@H]1Cc2ccccc2N1C(=O)COC(=O)c1ccc(N)c([N+](=O)[O-])c1. The van der Waals surface area contributed by atoms with E-state index in [9.17, 15) is 19.7 Å². The summed E-state index contributed by atoms with van der Waals surface area (Å²) in [5.41, 5.74) is 6.91. The van der Waals surface area contributed by atoms with Crippen LogP contribution < -0.4 is 10.6 Å². The summed E-state index contributed by atoms with van der Waals surface area (Å²) in [6, 6.07) is 11.1. The number of benzene rings is 2. The second kappa shape index (κ2) is 6.83. The summed E-state index contributed by atoms with van der Waals surface area (Å²) in [5.74, 6) is -1.16. The first kappa shape index (κ1) is 17.4. The molecule has 2 N–H and O–H groups in total. The fourth-order valence-corrected chi connectivity index (χ4v) is 3.05. The summed E-state index contributed by atoms with van der Waals surface area (Å²) < 4.78 is 5.05. The lowest BCUT2D eigenvalue weighted by Gasteiger charge is -2.22. The van der Waals surface area contributed by atoms with E-state index in [1.165, 1.54) is 12.1 Å². The molecule has 3 rings (SSSR count). The molecule has 26 heavy (non-hydrogen) atoms. The van der Waals surface area contributed by atoms with Crippen LogP contribution in [-0.2, 0) is 16.0 Å². The highest BCUT2D eigenvalue weighted by molar-refractivity contribution is 5.99. The molecule has 0 saturated carbocycles. The summed E-state index contributed by atoms with van der Waals surface area (Å²) >= 11 is 0. The number of nitrogens with two attached hydrogens (primary N) is 1. The Kier molecular flexibility index (Phi) is 4.57. The molecular formula is C18H17N3O5. The average molecular weight is 355 g/mol. The summed E-state index contributed by atoms with van der Waals surface area (Å²) in [6.45, 7) is 1.47. The Balaban J connectivity index is 1.69. The number of fused-ring (bicyclic) bond motifs is 1. The first-order valence-electron chi connectivity index (χ1n) is 7.99.